The van der Waals surface area contributed by atoms with E-state index < -0.39 is 0 Å². The van der Waals surface area contributed by atoms with E-state index in [1.807, 2.05) is 67.9 Å². The molecule has 9 heteroatoms. The summed E-state index contributed by atoms with van der Waals surface area (Å²) in [6.07, 6.45) is 4.36. The molecule has 1 amide bonds. The maximum Gasteiger partial charge on any atom is 0.322 e. The first kappa shape index (κ1) is 25.2. The summed E-state index contributed by atoms with van der Waals surface area (Å²) < 4.78 is 7.81. The van der Waals surface area contributed by atoms with Crippen molar-refractivity contribution in [3.8, 4) is 40.2 Å². The summed E-state index contributed by atoms with van der Waals surface area (Å²) in [6, 6.07) is 17.5. The normalized spacial score (nSPS) is 10.7. The van der Waals surface area contributed by atoms with E-state index in [0.29, 0.717) is 33.7 Å². The van der Waals surface area contributed by atoms with Crippen LogP contribution in [0.5, 0.6) is 11.8 Å². The lowest BCUT2D eigenvalue weighted by molar-refractivity contribution is -0.111. The Balaban J connectivity index is 1.69. The van der Waals surface area contributed by atoms with Crippen molar-refractivity contribution < 1.29 is 9.53 Å². The van der Waals surface area contributed by atoms with Gasteiger partial charge in [0, 0.05) is 41.9 Å². The Morgan fingerprint density at radius 1 is 1.15 bits per heavy atom. The minimum absolute atomic E-state index is 0.264. The standard InChI is InChI=1S/C30H25N7O2/c1-5-24(38)36-21-8-11-23(17(2)14-21)28-25(26-27(37(28)4)20(15-31)16-34-29(26)32)19-6-9-22(10-7-19)39-30-33-13-12-18(3)35-30/h5-14,16H,1H2,2-4H3,(H2,32,34)(H,36,38). The number of rotatable bonds is 6. The van der Waals surface area contributed by atoms with Gasteiger partial charge in [-0.25, -0.2) is 15.0 Å². The van der Waals surface area contributed by atoms with E-state index in [0.717, 1.165) is 33.6 Å². The number of carbonyl (C=O) groups excluding carboxylic acids is 1. The van der Waals surface area contributed by atoms with Gasteiger partial charge in [0.1, 0.15) is 17.6 Å². The minimum Gasteiger partial charge on any atom is -0.424 e. The number of nitrogens with two attached hydrogens (primary N) is 1. The van der Waals surface area contributed by atoms with E-state index in [1.54, 1.807) is 12.3 Å². The monoisotopic (exact) mass is 515 g/mol. The number of amides is 1. The van der Waals surface area contributed by atoms with E-state index in [1.165, 1.54) is 12.3 Å². The van der Waals surface area contributed by atoms with Crippen molar-refractivity contribution in [3.05, 3.63) is 90.4 Å². The van der Waals surface area contributed by atoms with Gasteiger partial charge in [0.2, 0.25) is 5.91 Å². The highest BCUT2D eigenvalue weighted by molar-refractivity contribution is 6.11. The zero-order valence-corrected chi connectivity index (χ0v) is 21.7. The van der Waals surface area contributed by atoms with E-state index in [4.69, 9.17) is 10.5 Å². The fourth-order valence-electron chi connectivity index (χ4n) is 4.66. The molecular formula is C30H25N7O2. The first-order valence-corrected chi connectivity index (χ1v) is 12.1. The Labute approximate surface area is 225 Å². The number of nitrogen functional groups attached to an aromatic ring is 1. The zero-order valence-electron chi connectivity index (χ0n) is 21.7. The average Bonchev–Trinajstić information content (AvgIpc) is 3.23. The highest BCUT2D eigenvalue weighted by Crippen LogP contribution is 2.44. The average molecular weight is 516 g/mol. The molecule has 2 aromatic carbocycles. The molecule has 0 spiro atoms. The van der Waals surface area contributed by atoms with Crippen LogP contribution in [0.2, 0.25) is 0 Å². The molecule has 0 aliphatic carbocycles. The molecule has 0 radical (unpaired) electrons. The van der Waals surface area contributed by atoms with Gasteiger partial charge in [-0.05, 0) is 61.4 Å². The summed E-state index contributed by atoms with van der Waals surface area (Å²) in [4.78, 5) is 24.6. The Morgan fingerprint density at radius 2 is 1.92 bits per heavy atom. The van der Waals surface area contributed by atoms with Gasteiger partial charge < -0.3 is 20.4 Å². The highest BCUT2D eigenvalue weighted by atomic mass is 16.5. The minimum atomic E-state index is -0.289. The number of aryl methyl sites for hydroxylation is 3. The zero-order chi connectivity index (χ0) is 27.7. The summed E-state index contributed by atoms with van der Waals surface area (Å²) in [7, 11) is 1.90. The fourth-order valence-corrected chi connectivity index (χ4v) is 4.66. The van der Waals surface area contributed by atoms with Gasteiger partial charge in [0.25, 0.3) is 0 Å². The first-order chi connectivity index (χ1) is 18.8. The van der Waals surface area contributed by atoms with Crippen LogP contribution in [-0.2, 0) is 11.8 Å². The molecule has 0 bridgehead atoms. The second kappa shape index (κ2) is 10.1. The fraction of sp³-hybridized carbons (Fsp3) is 0.100. The Morgan fingerprint density at radius 3 is 2.59 bits per heavy atom. The molecule has 0 unspecified atom stereocenters. The first-order valence-electron chi connectivity index (χ1n) is 12.1. The molecular weight excluding hydrogens is 490 g/mol. The smallest absolute Gasteiger partial charge is 0.322 e. The number of nitrogens with zero attached hydrogens (tertiary/aromatic N) is 5. The molecule has 5 aromatic rings. The van der Waals surface area contributed by atoms with E-state index in [2.05, 4.69) is 32.9 Å². The molecule has 0 fully saturated rings. The molecule has 3 heterocycles. The van der Waals surface area contributed by atoms with Gasteiger partial charge >= 0.3 is 6.01 Å². The predicted octanol–water partition coefficient (Wildman–Crippen LogP) is 5.68. The van der Waals surface area contributed by atoms with Crippen molar-refractivity contribution in [1.29, 1.82) is 5.26 Å². The van der Waals surface area contributed by atoms with Crippen LogP contribution in [0.15, 0.2) is 73.6 Å². The third-order valence-corrected chi connectivity index (χ3v) is 6.42. The van der Waals surface area contributed by atoms with Crippen LogP contribution in [0.25, 0.3) is 33.3 Å². The molecule has 0 aliphatic rings. The molecule has 0 atom stereocenters. The molecule has 0 saturated heterocycles. The van der Waals surface area contributed by atoms with Gasteiger partial charge in [-0.2, -0.15) is 5.26 Å². The van der Waals surface area contributed by atoms with Crippen LogP contribution in [-0.4, -0.2) is 25.4 Å². The number of carbonyl (C=O) groups is 1. The van der Waals surface area contributed by atoms with Crippen LogP contribution < -0.4 is 15.8 Å². The lowest BCUT2D eigenvalue weighted by Gasteiger charge is -2.14. The van der Waals surface area contributed by atoms with Crippen molar-refractivity contribution in [3.63, 3.8) is 0 Å². The van der Waals surface area contributed by atoms with Crippen molar-refractivity contribution in [2.24, 2.45) is 7.05 Å². The summed E-state index contributed by atoms with van der Waals surface area (Å²) in [5, 5.41) is 13.3. The summed E-state index contributed by atoms with van der Waals surface area (Å²) in [6.45, 7) is 7.34. The van der Waals surface area contributed by atoms with Crippen LogP contribution in [0, 0.1) is 25.2 Å². The van der Waals surface area contributed by atoms with E-state index in [-0.39, 0.29) is 11.9 Å². The molecule has 3 aromatic heterocycles. The number of hydrogen-bond donors (Lipinski definition) is 2. The number of ether oxygens (including phenoxy) is 1. The summed E-state index contributed by atoms with van der Waals surface area (Å²) in [5.74, 6) is 0.610. The Hall–Kier alpha value is -5.49. The van der Waals surface area contributed by atoms with Crippen molar-refractivity contribution in [1.82, 2.24) is 19.5 Å². The number of benzene rings is 2. The van der Waals surface area contributed by atoms with Crippen LogP contribution in [0.3, 0.4) is 0 Å². The number of pyridine rings is 1. The van der Waals surface area contributed by atoms with Crippen molar-refractivity contribution >= 4 is 28.3 Å². The maximum atomic E-state index is 11.8. The molecule has 3 N–H and O–H groups in total. The van der Waals surface area contributed by atoms with E-state index in [9.17, 15) is 10.1 Å². The third kappa shape index (κ3) is 4.67. The van der Waals surface area contributed by atoms with Gasteiger partial charge in [0.15, 0.2) is 0 Å². The quantitative estimate of drug-likeness (QED) is 0.278. The second-order valence-corrected chi connectivity index (χ2v) is 9.01. The van der Waals surface area contributed by atoms with Crippen LogP contribution in [0.4, 0.5) is 11.5 Å². The lowest BCUT2D eigenvalue weighted by Crippen LogP contribution is -2.07. The van der Waals surface area contributed by atoms with Crippen molar-refractivity contribution in [2.45, 2.75) is 13.8 Å². The summed E-state index contributed by atoms with van der Waals surface area (Å²) in [5.41, 5.74) is 13.4. The topological polar surface area (TPSA) is 132 Å². The molecule has 192 valence electrons. The molecule has 39 heavy (non-hydrogen) atoms. The SMILES string of the molecule is C=CC(=O)Nc1ccc(-c2c(-c3ccc(Oc4nccc(C)n4)cc3)c3c(N)ncc(C#N)c3n2C)c(C)c1. The molecule has 9 nitrogen and oxygen atoms in total. The Kier molecular flexibility index (Phi) is 6.52. The molecule has 0 aliphatic heterocycles. The van der Waals surface area contributed by atoms with Gasteiger partial charge in [-0.1, -0.05) is 24.8 Å². The number of nitriles is 1. The number of aromatic nitrogens is 4. The number of anilines is 2. The van der Waals surface area contributed by atoms with E-state index >= 15 is 0 Å². The van der Waals surface area contributed by atoms with Gasteiger partial charge in [0.05, 0.1) is 22.2 Å². The molecule has 0 saturated carbocycles. The Bertz CT molecular complexity index is 1800. The van der Waals surface area contributed by atoms with Crippen LogP contribution >= 0.6 is 0 Å². The maximum absolute atomic E-state index is 11.8. The summed E-state index contributed by atoms with van der Waals surface area (Å²) >= 11 is 0. The largest absolute Gasteiger partial charge is 0.424 e. The predicted molar refractivity (Wildman–Crippen MR) is 151 cm³/mol. The van der Waals surface area contributed by atoms with Crippen LogP contribution in [0.1, 0.15) is 16.8 Å². The van der Waals surface area contributed by atoms with Gasteiger partial charge in [-0.3, -0.25) is 4.79 Å². The van der Waals surface area contributed by atoms with Crippen molar-refractivity contribution in [2.75, 3.05) is 11.1 Å². The lowest BCUT2D eigenvalue weighted by atomic mass is 9.95. The van der Waals surface area contributed by atoms with Gasteiger partial charge in [-0.15, -0.1) is 0 Å². The highest BCUT2D eigenvalue weighted by Gasteiger charge is 2.24. The molecule has 5 rings (SSSR count). The number of hydrogen-bond acceptors (Lipinski definition) is 7. The number of fused-ring (bicyclic) bond motifs is 1. The third-order valence-electron chi connectivity index (χ3n) is 6.42. The number of nitrogens with one attached hydrogen (secondary N) is 1. The second-order valence-electron chi connectivity index (χ2n) is 9.01.